The molecular formula is C6H6N2O. The Kier molecular flexibility index (Phi) is 1.76. The quantitative estimate of drug-likeness (QED) is 0.587. The first kappa shape index (κ1) is 5.70. The monoisotopic (exact) mass is 122 g/mol. The summed E-state index contributed by atoms with van der Waals surface area (Å²) >= 11 is 0. The third-order valence-electron chi connectivity index (χ3n) is 0.809. The van der Waals surface area contributed by atoms with Crippen molar-refractivity contribution in [1.29, 1.82) is 0 Å². The predicted molar refractivity (Wildman–Crippen MR) is 33.8 cm³/mol. The molecule has 0 radical (unpaired) electrons. The van der Waals surface area contributed by atoms with E-state index in [1.54, 1.807) is 6.07 Å². The van der Waals surface area contributed by atoms with Crippen LogP contribution in [0.1, 0.15) is 0 Å². The second kappa shape index (κ2) is 2.78. The van der Waals surface area contributed by atoms with Gasteiger partial charge in [-0.1, -0.05) is 11.1 Å². The van der Waals surface area contributed by atoms with Crippen molar-refractivity contribution < 1.29 is 4.52 Å². The fourth-order valence-corrected chi connectivity index (χ4v) is 0.445. The molecule has 0 amide bonds. The number of hydrogen-bond acceptors (Lipinski definition) is 3. The van der Waals surface area contributed by atoms with E-state index in [-0.39, 0.29) is 0 Å². The Morgan fingerprint density at radius 2 is 2.78 bits per heavy atom. The Morgan fingerprint density at radius 1 is 1.89 bits per heavy atom. The zero-order chi connectivity index (χ0) is 6.53. The van der Waals surface area contributed by atoms with E-state index in [4.69, 9.17) is 6.42 Å². The lowest BCUT2D eigenvalue weighted by Crippen LogP contribution is -1.97. The molecule has 3 heteroatoms. The van der Waals surface area contributed by atoms with Crippen molar-refractivity contribution in [1.82, 2.24) is 5.16 Å². The average Bonchev–Trinajstić information content (AvgIpc) is 2.34. The van der Waals surface area contributed by atoms with Gasteiger partial charge in [0, 0.05) is 6.07 Å². The smallest absolute Gasteiger partial charge is 0.170 e. The van der Waals surface area contributed by atoms with Crippen LogP contribution in [0.15, 0.2) is 16.9 Å². The molecule has 0 saturated heterocycles. The van der Waals surface area contributed by atoms with Crippen molar-refractivity contribution in [2.24, 2.45) is 0 Å². The van der Waals surface area contributed by atoms with E-state index in [2.05, 4.69) is 20.9 Å². The molecule has 0 aromatic carbocycles. The molecule has 1 N–H and O–H groups in total. The average molecular weight is 122 g/mol. The standard InChI is InChI=1S/C6H6N2O/c1-2-4-7-6-3-5-9-8-6/h1,3,5H,4H2,(H,7,8). The molecule has 46 valence electrons. The number of aromatic nitrogens is 1. The Hall–Kier alpha value is -1.43. The summed E-state index contributed by atoms with van der Waals surface area (Å²) in [6.07, 6.45) is 6.46. The van der Waals surface area contributed by atoms with E-state index >= 15 is 0 Å². The summed E-state index contributed by atoms with van der Waals surface area (Å²) in [4.78, 5) is 0. The molecule has 0 unspecified atom stereocenters. The summed E-state index contributed by atoms with van der Waals surface area (Å²) in [5.41, 5.74) is 0. The van der Waals surface area contributed by atoms with Gasteiger partial charge in [0.05, 0.1) is 6.54 Å². The van der Waals surface area contributed by atoms with Gasteiger partial charge < -0.3 is 9.84 Å². The third-order valence-corrected chi connectivity index (χ3v) is 0.809. The van der Waals surface area contributed by atoms with Gasteiger partial charge in [-0.25, -0.2) is 0 Å². The van der Waals surface area contributed by atoms with Crippen LogP contribution >= 0.6 is 0 Å². The SMILES string of the molecule is C#CCNc1ccon1. The van der Waals surface area contributed by atoms with Crippen LogP contribution in [0.2, 0.25) is 0 Å². The maximum Gasteiger partial charge on any atom is 0.170 e. The zero-order valence-corrected chi connectivity index (χ0v) is 4.79. The van der Waals surface area contributed by atoms with E-state index in [9.17, 15) is 0 Å². The number of hydrogen-bond donors (Lipinski definition) is 1. The predicted octanol–water partition coefficient (Wildman–Crippen LogP) is 0.720. The van der Waals surface area contributed by atoms with Gasteiger partial charge in [0.15, 0.2) is 5.82 Å². The largest absolute Gasteiger partial charge is 0.363 e. The summed E-state index contributed by atoms with van der Waals surface area (Å²) in [7, 11) is 0. The van der Waals surface area contributed by atoms with Crippen molar-refractivity contribution in [3.8, 4) is 12.3 Å². The summed E-state index contributed by atoms with van der Waals surface area (Å²) in [6.45, 7) is 0.479. The minimum atomic E-state index is 0.479. The van der Waals surface area contributed by atoms with E-state index in [1.165, 1.54) is 6.26 Å². The van der Waals surface area contributed by atoms with Gasteiger partial charge in [-0.05, 0) is 0 Å². The second-order valence-electron chi connectivity index (χ2n) is 1.44. The molecule has 1 aromatic heterocycles. The minimum absolute atomic E-state index is 0.479. The van der Waals surface area contributed by atoms with Gasteiger partial charge in [0.2, 0.25) is 0 Å². The van der Waals surface area contributed by atoms with Crippen LogP contribution in [0.3, 0.4) is 0 Å². The molecule has 0 aliphatic rings. The first-order chi connectivity index (χ1) is 4.43. The zero-order valence-electron chi connectivity index (χ0n) is 4.79. The Labute approximate surface area is 53.0 Å². The lowest BCUT2D eigenvalue weighted by Gasteiger charge is -1.90. The molecule has 0 fully saturated rings. The van der Waals surface area contributed by atoms with E-state index in [1.807, 2.05) is 0 Å². The Balaban J connectivity index is 2.41. The molecule has 3 nitrogen and oxygen atoms in total. The normalized spacial score (nSPS) is 8.33. The molecule has 1 aromatic rings. The molecule has 9 heavy (non-hydrogen) atoms. The Bertz CT molecular complexity index is 197. The van der Waals surface area contributed by atoms with Gasteiger partial charge in [0.25, 0.3) is 0 Å². The molecule has 0 aliphatic carbocycles. The lowest BCUT2D eigenvalue weighted by molar-refractivity contribution is 0.422. The molecular weight excluding hydrogens is 116 g/mol. The topological polar surface area (TPSA) is 38.1 Å². The van der Waals surface area contributed by atoms with Crippen LogP contribution < -0.4 is 5.32 Å². The number of rotatable bonds is 2. The van der Waals surface area contributed by atoms with Gasteiger partial charge in [-0.3, -0.25) is 0 Å². The van der Waals surface area contributed by atoms with Crippen molar-refractivity contribution >= 4 is 5.82 Å². The van der Waals surface area contributed by atoms with Gasteiger partial charge in [-0.15, -0.1) is 6.42 Å². The van der Waals surface area contributed by atoms with Gasteiger partial charge >= 0.3 is 0 Å². The van der Waals surface area contributed by atoms with Crippen LogP contribution in [0.5, 0.6) is 0 Å². The highest BCUT2D eigenvalue weighted by Crippen LogP contribution is 1.98. The maximum absolute atomic E-state index is 4.97. The summed E-state index contributed by atoms with van der Waals surface area (Å²) < 4.78 is 4.53. The van der Waals surface area contributed by atoms with E-state index in [0.29, 0.717) is 12.4 Å². The molecule has 1 heterocycles. The van der Waals surface area contributed by atoms with Crippen LogP contribution in [-0.2, 0) is 0 Å². The van der Waals surface area contributed by atoms with E-state index < -0.39 is 0 Å². The highest BCUT2D eigenvalue weighted by Gasteiger charge is 1.88. The summed E-state index contributed by atoms with van der Waals surface area (Å²) in [6, 6.07) is 1.71. The molecule has 0 spiro atoms. The van der Waals surface area contributed by atoms with Crippen LogP contribution in [0.4, 0.5) is 5.82 Å². The van der Waals surface area contributed by atoms with Gasteiger partial charge in [0.1, 0.15) is 6.26 Å². The van der Waals surface area contributed by atoms with Crippen molar-refractivity contribution in [3.05, 3.63) is 12.3 Å². The van der Waals surface area contributed by atoms with Crippen molar-refractivity contribution in [3.63, 3.8) is 0 Å². The number of nitrogens with zero attached hydrogens (tertiary/aromatic N) is 1. The Morgan fingerprint density at radius 3 is 3.33 bits per heavy atom. The fraction of sp³-hybridized carbons (Fsp3) is 0.167. The highest BCUT2D eigenvalue weighted by molar-refractivity contribution is 5.32. The first-order valence-electron chi connectivity index (χ1n) is 2.51. The number of nitrogens with one attached hydrogen (secondary N) is 1. The van der Waals surface area contributed by atoms with Crippen LogP contribution in [0, 0.1) is 12.3 Å². The van der Waals surface area contributed by atoms with E-state index in [0.717, 1.165) is 0 Å². The molecule has 0 atom stereocenters. The molecule has 0 saturated carbocycles. The summed E-state index contributed by atoms with van der Waals surface area (Å²) in [5, 5.41) is 6.41. The second-order valence-corrected chi connectivity index (χ2v) is 1.44. The highest BCUT2D eigenvalue weighted by atomic mass is 16.5. The first-order valence-corrected chi connectivity index (χ1v) is 2.51. The van der Waals surface area contributed by atoms with Crippen LogP contribution in [-0.4, -0.2) is 11.7 Å². The molecule has 0 aliphatic heterocycles. The van der Waals surface area contributed by atoms with Gasteiger partial charge in [-0.2, -0.15) is 0 Å². The fourth-order valence-electron chi connectivity index (χ4n) is 0.445. The number of anilines is 1. The molecule has 1 rings (SSSR count). The minimum Gasteiger partial charge on any atom is -0.363 e. The number of terminal acetylenes is 1. The van der Waals surface area contributed by atoms with Crippen molar-refractivity contribution in [2.75, 3.05) is 11.9 Å². The van der Waals surface area contributed by atoms with Crippen LogP contribution in [0.25, 0.3) is 0 Å². The summed E-state index contributed by atoms with van der Waals surface area (Å²) in [5.74, 6) is 3.09. The third kappa shape index (κ3) is 1.50. The molecule has 0 bridgehead atoms. The van der Waals surface area contributed by atoms with Crippen molar-refractivity contribution in [2.45, 2.75) is 0 Å². The maximum atomic E-state index is 4.97. The lowest BCUT2D eigenvalue weighted by atomic mass is 10.6.